The van der Waals surface area contributed by atoms with Crippen LogP contribution >= 0.6 is 0 Å². The van der Waals surface area contributed by atoms with Gasteiger partial charge in [-0.05, 0) is 56.2 Å². The molecule has 2 N–H and O–H groups in total. The summed E-state index contributed by atoms with van der Waals surface area (Å²) in [7, 11) is 0. The van der Waals surface area contributed by atoms with Crippen LogP contribution in [0.25, 0.3) is 0 Å². The molecular weight excluding hydrogens is 350 g/mol. The first-order valence-electron chi connectivity index (χ1n) is 10.3. The highest BCUT2D eigenvalue weighted by molar-refractivity contribution is 5.90. The Kier molecular flexibility index (Phi) is 7.23. The third-order valence-electron chi connectivity index (χ3n) is 5.13. The van der Waals surface area contributed by atoms with Crippen LogP contribution in [0.2, 0.25) is 0 Å². The number of carbonyl (C=O) groups excluding carboxylic acids is 1. The molecule has 1 fully saturated rings. The number of nitrogens with zero attached hydrogens (tertiary/aromatic N) is 3. The maximum absolute atomic E-state index is 12.3. The van der Waals surface area contributed by atoms with Crippen molar-refractivity contribution in [3.63, 3.8) is 0 Å². The fraction of sp³-hybridized carbons (Fsp3) is 0.500. The van der Waals surface area contributed by atoms with Crippen molar-refractivity contribution < 1.29 is 4.79 Å². The maximum Gasteiger partial charge on any atom is 0.224 e. The Morgan fingerprint density at radius 3 is 3.00 bits per heavy atom. The number of hydrogen-bond donors (Lipinski definition) is 2. The number of amides is 1. The van der Waals surface area contributed by atoms with Gasteiger partial charge in [-0.25, -0.2) is 9.97 Å². The fourth-order valence-electron chi connectivity index (χ4n) is 3.66. The molecule has 1 aliphatic rings. The van der Waals surface area contributed by atoms with Crippen molar-refractivity contribution in [1.29, 1.82) is 0 Å². The van der Waals surface area contributed by atoms with Gasteiger partial charge in [0.05, 0.1) is 0 Å². The predicted molar refractivity (Wildman–Crippen MR) is 115 cm³/mol. The molecule has 2 aromatic rings. The van der Waals surface area contributed by atoms with E-state index >= 15 is 0 Å². The normalized spacial score (nSPS) is 16.6. The van der Waals surface area contributed by atoms with Crippen molar-refractivity contribution in [3.05, 3.63) is 42.2 Å². The van der Waals surface area contributed by atoms with Gasteiger partial charge in [-0.15, -0.1) is 0 Å². The van der Waals surface area contributed by atoms with E-state index in [0.29, 0.717) is 12.3 Å². The summed E-state index contributed by atoms with van der Waals surface area (Å²) in [6.07, 6.45) is 6.45. The number of anilines is 3. The van der Waals surface area contributed by atoms with Gasteiger partial charge < -0.3 is 15.5 Å². The lowest BCUT2D eigenvalue weighted by atomic mass is 9.93. The summed E-state index contributed by atoms with van der Waals surface area (Å²) in [5.74, 6) is 2.46. The molecule has 0 radical (unpaired) electrons. The van der Waals surface area contributed by atoms with E-state index in [9.17, 15) is 4.79 Å². The zero-order valence-electron chi connectivity index (χ0n) is 16.9. The molecule has 1 saturated heterocycles. The molecule has 1 aromatic carbocycles. The molecule has 0 bridgehead atoms. The highest BCUT2D eigenvalue weighted by Crippen LogP contribution is 2.25. The van der Waals surface area contributed by atoms with Crippen molar-refractivity contribution in [2.24, 2.45) is 5.92 Å². The molecule has 150 valence electrons. The van der Waals surface area contributed by atoms with Crippen molar-refractivity contribution in [2.45, 2.75) is 46.0 Å². The van der Waals surface area contributed by atoms with Crippen LogP contribution in [0.1, 0.15) is 44.6 Å². The topological polar surface area (TPSA) is 70.2 Å². The van der Waals surface area contributed by atoms with E-state index in [4.69, 9.17) is 0 Å². The Hall–Kier alpha value is -2.63. The van der Waals surface area contributed by atoms with Gasteiger partial charge in [0.25, 0.3) is 0 Å². The minimum Gasteiger partial charge on any atom is -0.370 e. The van der Waals surface area contributed by atoms with E-state index in [-0.39, 0.29) is 5.91 Å². The van der Waals surface area contributed by atoms with E-state index in [1.807, 2.05) is 37.3 Å². The first-order valence-corrected chi connectivity index (χ1v) is 10.3. The largest absolute Gasteiger partial charge is 0.370 e. The Bertz CT molecular complexity index is 779. The van der Waals surface area contributed by atoms with Crippen LogP contribution in [0.3, 0.4) is 0 Å². The number of rotatable bonds is 8. The average Bonchev–Trinajstić information content (AvgIpc) is 2.71. The van der Waals surface area contributed by atoms with Gasteiger partial charge in [-0.1, -0.05) is 19.1 Å². The molecule has 0 saturated carbocycles. The van der Waals surface area contributed by atoms with Gasteiger partial charge in [0.15, 0.2) is 0 Å². The Morgan fingerprint density at radius 2 is 2.18 bits per heavy atom. The molecule has 0 unspecified atom stereocenters. The number of aromatic nitrogens is 2. The average molecular weight is 382 g/mol. The Balaban J connectivity index is 1.50. The molecule has 28 heavy (non-hydrogen) atoms. The molecule has 1 atom stereocenters. The summed E-state index contributed by atoms with van der Waals surface area (Å²) < 4.78 is 0. The van der Waals surface area contributed by atoms with Crippen LogP contribution in [-0.4, -0.2) is 35.5 Å². The van der Waals surface area contributed by atoms with E-state index in [2.05, 4.69) is 32.4 Å². The number of aryl methyl sites for hydroxylation is 1. The standard InChI is InChI=1S/C22H31N5O/c1-3-11-23-20-14-21(25-16-24-20)27-12-5-7-18(15-27)9-10-22(28)26-19-8-4-6-17(2)13-19/h4,6,8,13-14,16,18H,3,5,7,9-12,15H2,1-2H3,(H,26,28)(H,23,24,25)/t18-/m1/s1. The molecule has 6 heteroatoms. The summed E-state index contributed by atoms with van der Waals surface area (Å²) in [4.78, 5) is 23.4. The monoisotopic (exact) mass is 381 g/mol. The fourth-order valence-corrected chi connectivity index (χ4v) is 3.66. The van der Waals surface area contributed by atoms with Gasteiger partial charge >= 0.3 is 0 Å². The first-order chi connectivity index (χ1) is 13.6. The summed E-state index contributed by atoms with van der Waals surface area (Å²) >= 11 is 0. The number of hydrogen-bond acceptors (Lipinski definition) is 5. The zero-order chi connectivity index (χ0) is 19.8. The molecule has 1 aromatic heterocycles. The van der Waals surface area contributed by atoms with E-state index in [0.717, 1.165) is 61.8 Å². The third kappa shape index (κ3) is 5.94. The second-order valence-electron chi connectivity index (χ2n) is 7.60. The lowest BCUT2D eigenvalue weighted by molar-refractivity contribution is -0.116. The maximum atomic E-state index is 12.3. The smallest absolute Gasteiger partial charge is 0.224 e. The quantitative estimate of drug-likeness (QED) is 0.716. The SMILES string of the molecule is CCCNc1cc(N2CCC[C@H](CCC(=O)Nc3cccc(C)c3)C2)ncn1. The summed E-state index contributed by atoms with van der Waals surface area (Å²) in [5, 5.41) is 6.33. The van der Waals surface area contributed by atoms with E-state index in [1.165, 1.54) is 6.42 Å². The van der Waals surface area contributed by atoms with Crippen molar-refractivity contribution in [2.75, 3.05) is 35.2 Å². The summed E-state index contributed by atoms with van der Waals surface area (Å²) in [6, 6.07) is 9.96. The van der Waals surface area contributed by atoms with E-state index < -0.39 is 0 Å². The highest BCUT2D eigenvalue weighted by Gasteiger charge is 2.22. The van der Waals surface area contributed by atoms with Gasteiger partial charge in [-0.2, -0.15) is 0 Å². The summed E-state index contributed by atoms with van der Waals surface area (Å²) in [5.41, 5.74) is 2.03. The van der Waals surface area contributed by atoms with Gasteiger partial charge in [0.1, 0.15) is 18.0 Å². The number of piperidine rings is 1. The molecule has 2 heterocycles. The first kappa shape index (κ1) is 20.1. The van der Waals surface area contributed by atoms with Crippen LogP contribution in [0, 0.1) is 12.8 Å². The lowest BCUT2D eigenvalue weighted by Crippen LogP contribution is -2.36. The third-order valence-corrected chi connectivity index (χ3v) is 5.13. The van der Waals surface area contributed by atoms with Crippen LogP contribution < -0.4 is 15.5 Å². The van der Waals surface area contributed by atoms with Gasteiger partial charge in [0, 0.05) is 37.8 Å². The molecule has 3 rings (SSSR count). The van der Waals surface area contributed by atoms with Crippen molar-refractivity contribution >= 4 is 23.2 Å². The lowest BCUT2D eigenvalue weighted by Gasteiger charge is -2.33. The number of benzene rings is 1. The minimum atomic E-state index is 0.0933. The highest BCUT2D eigenvalue weighted by atomic mass is 16.1. The van der Waals surface area contributed by atoms with Gasteiger partial charge in [0.2, 0.25) is 5.91 Å². The second-order valence-corrected chi connectivity index (χ2v) is 7.60. The Labute approximate surface area is 167 Å². The molecule has 1 amide bonds. The predicted octanol–water partition coefficient (Wildman–Crippen LogP) is 4.24. The van der Waals surface area contributed by atoms with Crippen molar-refractivity contribution in [3.8, 4) is 0 Å². The molecule has 1 aliphatic heterocycles. The zero-order valence-corrected chi connectivity index (χ0v) is 16.9. The van der Waals surface area contributed by atoms with Gasteiger partial charge in [-0.3, -0.25) is 4.79 Å². The minimum absolute atomic E-state index is 0.0933. The molecule has 0 spiro atoms. The second kappa shape index (κ2) is 10.1. The van der Waals surface area contributed by atoms with Crippen LogP contribution in [0.4, 0.5) is 17.3 Å². The number of nitrogens with one attached hydrogen (secondary N) is 2. The molecule has 0 aliphatic carbocycles. The summed E-state index contributed by atoms with van der Waals surface area (Å²) in [6.45, 7) is 7.04. The van der Waals surface area contributed by atoms with Crippen LogP contribution in [-0.2, 0) is 4.79 Å². The van der Waals surface area contributed by atoms with E-state index in [1.54, 1.807) is 6.33 Å². The Morgan fingerprint density at radius 1 is 1.29 bits per heavy atom. The number of carbonyl (C=O) groups is 1. The van der Waals surface area contributed by atoms with Crippen LogP contribution in [0.15, 0.2) is 36.7 Å². The van der Waals surface area contributed by atoms with Crippen molar-refractivity contribution in [1.82, 2.24) is 9.97 Å². The molecule has 6 nitrogen and oxygen atoms in total. The van der Waals surface area contributed by atoms with Crippen LogP contribution in [0.5, 0.6) is 0 Å². The molecular formula is C22H31N5O.